The Morgan fingerprint density at radius 3 is 2.27 bits per heavy atom. The molecule has 0 bridgehead atoms. The monoisotopic (exact) mass is 406 g/mol. The van der Waals surface area contributed by atoms with Gasteiger partial charge in [-0.3, -0.25) is 10.1 Å². The Bertz CT molecular complexity index is 1350. The Balaban J connectivity index is 1.93. The van der Waals surface area contributed by atoms with Crippen molar-refractivity contribution in [2.75, 3.05) is 7.11 Å². The number of fused-ring (bicyclic) bond motifs is 1. The van der Waals surface area contributed by atoms with Gasteiger partial charge in [-0.15, -0.1) is 0 Å². The molecule has 150 valence electrons. The van der Waals surface area contributed by atoms with E-state index < -0.39 is 22.3 Å². The first kappa shape index (κ1) is 18.8. The molecule has 0 fully saturated rings. The molecule has 4 rings (SSSR count). The third-order valence-corrected chi connectivity index (χ3v) is 4.87. The van der Waals surface area contributed by atoms with E-state index in [1.54, 1.807) is 24.3 Å². The van der Waals surface area contributed by atoms with Gasteiger partial charge in [0.15, 0.2) is 0 Å². The second-order valence-electron chi connectivity index (χ2n) is 6.42. The molecule has 11 heteroatoms. The van der Waals surface area contributed by atoms with Gasteiger partial charge in [-0.2, -0.15) is 9.94 Å². The zero-order chi connectivity index (χ0) is 21.6. The fourth-order valence-corrected chi connectivity index (χ4v) is 3.43. The lowest BCUT2D eigenvalue weighted by atomic mass is 10.0. The number of allylic oxidation sites excluding steroid dienone is 1. The summed E-state index contributed by atoms with van der Waals surface area (Å²) in [6, 6.07) is 12.6. The minimum absolute atomic E-state index is 0.0000611. The van der Waals surface area contributed by atoms with E-state index in [4.69, 9.17) is 10.5 Å². The van der Waals surface area contributed by atoms with Gasteiger partial charge < -0.3 is 10.5 Å². The Morgan fingerprint density at radius 2 is 1.73 bits per heavy atom. The number of benzene rings is 2. The van der Waals surface area contributed by atoms with Gasteiger partial charge in [-0.05, 0) is 42.0 Å². The van der Waals surface area contributed by atoms with Crippen LogP contribution in [0, 0.1) is 21.4 Å². The summed E-state index contributed by atoms with van der Waals surface area (Å²) in [5.41, 5.74) is 5.15. The molecular weight excluding hydrogens is 392 g/mol. The highest BCUT2D eigenvalue weighted by Gasteiger charge is 2.36. The molecule has 0 amide bonds. The lowest BCUT2D eigenvalue weighted by Crippen LogP contribution is -2.30. The largest absolute Gasteiger partial charge is 0.497 e. The van der Waals surface area contributed by atoms with Crippen molar-refractivity contribution in [3.05, 3.63) is 90.8 Å². The van der Waals surface area contributed by atoms with Crippen LogP contribution >= 0.6 is 0 Å². The van der Waals surface area contributed by atoms with Crippen molar-refractivity contribution in [1.29, 1.82) is 5.26 Å². The van der Waals surface area contributed by atoms with Gasteiger partial charge >= 0.3 is 11.4 Å². The molecule has 0 spiro atoms. The fourth-order valence-electron chi connectivity index (χ4n) is 3.43. The quantitative estimate of drug-likeness (QED) is 0.501. The van der Waals surface area contributed by atoms with Crippen LogP contribution in [0.2, 0.25) is 0 Å². The molecule has 11 nitrogen and oxygen atoms in total. The first-order valence-corrected chi connectivity index (χ1v) is 8.64. The van der Waals surface area contributed by atoms with Crippen LogP contribution < -0.4 is 21.9 Å². The molecule has 0 aliphatic carbocycles. The maximum absolute atomic E-state index is 13.2. The summed E-state index contributed by atoms with van der Waals surface area (Å²) in [6.45, 7) is 0. The predicted octanol–water partition coefficient (Wildman–Crippen LogP) is 0.971. The van der Waals surface area contributed by atoms with Gasteiger partial charge in [0.25, 0.3) is 5.69 Å². The summed E-state index contributed by atoms with van der Waals surface area (Å²) in [6.07, 6.45) is 0. The van der Waals surface area contributed by atoms with Crippen LogP contribution in [0.5, 0.6) is 5.75 Å². The standard InChI is InChI=1S/C19H14N6O5/c1-30-14-8-6-12(7-9-14)22-18(26)23-16(11-2-4-13(5-3-11)25(28)29)15(10-20)17(21)24(23)19(22)27/h2-9,16H,21H2,1H3. The van der Waals surface area contributed by atoms with Gasteiger partial charge in [0.1, 0.15) is 29.3 Å². The van der Waals surface area contributed by atoms with Crippen LogP contribution in [-0.4, -0.2) is 26.0 Å². The third kappa shape index (κ3) is 2.59. The molecule has 1 unspecified atom stereocenters. The molecule has 2 N–H and O–H groups in total. The van der Waals surface area contributed by atoms with E-state index in [1.165, 1.54) is 31.4 Å². The van der Waals surface area contributed by atoms with E-state index in [0.29, 0.717) is 17.0 Å². The Morgan fingerprint density at radius 1 is 1.10 bits per heavy atom. The highest BCUT2D eigenvalue weighted by atomic mass is 16.6. The van der Waals surface area contributed by atoms with E-state index in [0.717, 1.165) is 13.9 Å². The van der Waals surface area contributed by atoms with Crippen molar-refractivity contribution < 1.29 is 9.66 Å². The van der Waals surface area contributed by atoms with Crippen molar-refractivity contribution in [2.24, 2.45) is 5.73 Å². The zero-order valence-electron chi connectivity index (χ0n) is 15.6. The Hall–Kier alpha value is -4.59. The van der Waals surface area contributed by atoms with Crippen LogP contribution in [0.4, 0.5) is 5.69 Å². The fraction of sp³-hybridized carbons (Fsp3) is 0.105. The summed E-state index contributed by atoms with van der Waals surface area (Å²) in [5, 5.41) is 20.5. The number of nitro benzene ring substituents is 1. The number of hydrogen-bond acceptors (Lipinski definition) is 7. The molecule has 2 heterocycles. The minimum Gasteiger partial charge on any atom is -0.497 e. The molecule has 0 saturated carbocycles. The molecule has 30 heavy (non-hydrogen) atoms. The third-order valence-electron chi connectivity index (χ3n) is 4.87. The van der Waals surface area contributed by atoms with E-state index in [2.05, 4.69) is 0 Å². The smallest absolute Gasteiger partial charge is 0.358 e. The lowest BCUT2D eigenvalue weighted by molar-refractivity contribution is -0.384. The van der Waals surface area contributed by atoms with Gasteiger partial charge in [-0.1, -0.05) is 0 Å². The number of nitrogens with zero attached hydrogens (tertiary/aromatic N) is 5. The maximum atomic E-state index is 13.2. The molecule has 3 aromatic rings. The topological polar surface area (TPSA) is 151 Å². The number of aromatic nitrogens is 3. The van der Waals surface area contributed by atoms with Crippen LogP contribution in [0.15, 0.2) is 63.7 Å². The van der Waals surface area contributed by atoms with Crippen molar-refractivity contribution in [1.82, 2.24) is 13.9 Å². The maximum Gasteiger partial charge on any atom is 0.358 e. The average Bonchev–Trinajstić information content (AvgIpc) is 3.19. The normalized spacial score (nSPS) is 15.0. The van der Waals surface area contributed by atoms with E-state index in [-0.39, 0.29) is 17.1 Å². The summed E-state index contributed by atoms with van der Waals surface area (Å²) in [7, 11) is 1.49. The van der Waals surface area contributed by atoms with Crippen molar-refractivity contribution in [2.45, 2.75) is 6.04 Å². The van der Waals surface area contributed by atoms with E-state index >= 15 is 0 Å². The highest BCUT2D eigenvalue weighted by Crippen LogP contribution is 2.32. The number of hydrogen-bond donors (Lipinski definition) is 1. The molecule has 2 aromatic carbocycles. The summed E-state index contributed by atoms with van der Waals surface area (Å²) < 4.78 is 8.03. The molecule has 1 atom stereocenters. The molecule has 1 aliphatic heterocycles. The summed E-state index contributed by atoms with van der Waals surface area (Å²) in [5.74, 6) is 0.379. The first-order valence-electron chi connectivity index (χ1n) is 8.64. The van der Waals surface area contributed by atoms with E-state index in [1.807, 2.05) is 6.07 Å². The highest BCUT2D eigenvalue weighted by molar-refractivity contribution is 5.60. The number of non-ortho nitro benzene ring substituents is 1. The van der Waals surface area contributed by atoms with Crippen LogP contribution in [0.3, 0.4) is 0 Å². The lowest BCUT2D eigenvalue weighted by Gasteiger charge is -2.12. The Labute approximate surface area is 168 Å². The predicted molar refractivity (Wildman–Crippen MR) is 105 cm³/mol. The minimum atomic E-state index is -0.990. The average molecular weight is 406 g/mol. The molecule has 1 aliphatic rings. The zero-order valence-corrected chi connectivity index (χ0v) is 15.6. The van der Waals surface area contributed by atoms with Gasteiger partial charge in [0.05, 0.1) is 17.7 Å². The molecular formula is C19H14N6O5. The van der Waals surface area contributed by atoms with Crippen molar-refractivity contribution in [3.8, 4) is 17.5 Å². The van der Waals surface area contributed by atoms with Crippen molar-refractivity contribution >= 4 is 11.5 Å². The number of nitro groups is 1. The second kappa shape index (κ2) is 6.78. The SMILES string of the molecule is COc1ccc(-n2c(=O)n3n(c2=O)C(c2ccc([N+](=O)[O-])cc2)C(C#N)=C3N)cc1. The van der Waals surface area contributed by atoms with Crippen LogP contribution in [0.1, 0.15) is 11.6 Å². The number of rotatable bonds is 4. The van der Waals surface area contributed by atoms with Crippen LogP contribution in [0.25, 0.3) is 11.5 Å². The number of methoxy groups -OCH3 is 1. The number of nitriles is 1. The van der Waals surface area contributed by atoms with Gasteiger partial charge in [-0.25, -0.2) is 18.8 Å². The number of nitrogens with two attached hydrogens (primary N) is 1. The van der Waals surface area contributed by atoms with Crippen molar-refractivity contribution in [3.63, 3.8) is 0 Å². The molecule has 0 radical (unpaired) electrons. The first-order chi connectivity index (χ1) is 14.4. The van der Waals surface area contributed by atoms with E-state index in [9.17, 15) is 25.0 Å². The molecule has 1 aromatic heterocycles. The number of ether oxygens (including phenoxy) is 1. The Kier molecular flexibility index (Phi) is 4.24. The van der Waals surface area contributed by atoms with Crippen LogP contribution in [-0.2, 0) is 0 Å². The van der Waals surface area contributed by atoms with Gasteiger partial charge in [0.2, 0.25) is 0 Å². The summed E-state index contributed by atoms with van der Waals surface area (Å²) >= 11 is 0. The second-order valence-corrected chi connectivity index (χ2v) is 6.42. The molecule has 0 saturated heterocycles. The van der Waals surface area contributed by atoms with Gasteiger partial charge in [0, 0.05) is 12.1 Å². The summed E-state index contributed by atoms with van der Waals surface area (Å²) in [4.78, 5) is 36.5.